The van der Waals surface area contributed by atoms with Crippen LogP contribution >= 0.6 is 22.6 Å². The van der Waals surface area contributed by atoms with Gasteiger partial charge in [0.05, 0.1) is 11.0 Å². The van der Waals surface area contributed by atoms with Crippen LogP contribution in [0.3, 0.4) is 0 Å². The molecular formula is C13H14INO3. The van der Waals surface area contributed by atoms with E-state index in [-0.39, 0.29) is 22.6 Å². The number of ether oxygens (including phenoxy) is 1. The molecule has 0 saturated carbocycles. The Morgan fingerprint density at radius 1 is 1.33 bits per heavy atom. The molecule has 1 aromatic rings. The molecule has 1 N–H and O–H groups in total. The van der Waals surface area contributed by atoms with Crippen LogP contribution in [0.4, 0.5) is 0 Å². The number of nitrogens with one attached hydrogen (secondary N) is 1. The maximum atomic E-state index is 11.7. The molecule has 0 heterocycles. The molecule has 0 radical (unpaired) electrons. The molecule has 18 heavy (non-hydrogen) atoms. The Kier molecular flexibility index (Phi) is 6.42. The highest BCUT2D eigenvalue weighted by Gasteiger charge is 2.13. The first-order chi connectivity index (χ1) is 8.67. The molecule has 1 aromatic carbocycles. The monoisotopic (exact) mass is 359 g/mol. The quantitative estimate of drug-likeness (QED) is 0.379. The normalized spacial score (nSPS) is 10.9. The number of esters is 1. The van der Waals surface area contributed by atoms with E-state index in [1.165, 1.54) is 0 Å². The maximum Gasteiger partial charge on any atom is 0.354 e. The molecule has 1 rings (SSSR count). The number of hydrogen-bond donors (Lipinski definition) is 1. The largest absolute Gasteiger partial charge is 0.461 e. The lowest BCUT2D eigenvalue weighted by Crippen LogP contribution is -2.29. The lowest BCUT2D eigenvalue weighted by molar-refractivity contribution is -0.139. The highest BCUT2D eigenvalue weighted by atomic mass is 127. The molecule has 0 unspecified atom stereocenters. The number of hydrogen-bond acceptors (Lipinski definition) is 3. The highest BCUT2D eigenvalue weighted by molar-refractivity contribution is 14.1. The standard InChI is InChI=1S/C13H14INO3/c1-2-18-13(17)11(15-12(16)9-14)8-10-6-4-3-5-7-10/h3-8H,2,9H2,1H3,(H,15,16)/b11-8-. The van der Waals surface area contributed by atoms with Crippen molar-refractivity contribution >= 4 is 40.5 Å². The molecule has 1 amide bonds. The van der Waals surface area contributed by atoms with Crippen LogP contribution in [0.25, 0.3) is 6.08 Å². The Bertz CT molecular complexity index is 443. The summed E-state index contributed by atoms with van der Waals surface area (Å²) < 4.78 is 5.18. The molecule has 96 valence electrons. The SMILES string of the molecule is CCOC(=O)/C(=C/c1ccccc1)NC(=O)CI. The number of amides is 1. The zero-order valence-electron chi connectivity index (χ0n) is 9.98. The van der Waals surface area contributed by atoms with E-state index in [1.54, 1.807) is 13.0 Å². The second-order valence-corrected chi connectivity index (χ2v) is 4.13. The van der Waals surface area contributed by atoms with Crippen LogP contribution in [0.15, 0.2) is 36.0 Å². The van der Waals surface area contributed by atoms with Crippen molar-refractivity contribution in [2.45, 2.75) is 6.92 Å². The van der Waals surface area contributed by atoms with E-state index in [1.807, 2.05) is 52.9 Å². The van der Waals surface area contributed by atoms with Gasteiger partial charge in [-0.2, -0.15) is 0 Å². The van der Waals surface area contributed by atoms with E-state index in [0.29, 0.717) is 0 Å². The van der Waals surface area contributed by atoms with Gasteiger partial charge in [0.1, 0.15) is 5.70 Å². The van der Waals surface area contributed by atoms with E-state index in [4.69, 9.17) is 4.74 Å². The average molecular weight is 359 g/mol. The number of carbonyl (C=O) groups is 2. The maximum absolute atomic E-state index is 11.7. The lowest BCUT2D eigenvalue weighted by atomic mass is 10.2. The van der Waals surface area contributed by atoms with Crippen LogP contribution in [0.5, 0.6) is 0 Å². The van der Waals surface area contributed by atoms with Gasteiger partial charge in [0, 0.05) is 0 Å². The van der Waals surface area contributed by atoms with Crippen LogP contribution in [0, 0.1) is 0 Å². The fraction of sp³-hybridized carbons (Fsp3) is 0.231. The van der Waals surface area contributed by atoms with Gasteiger partial charge in [0.2, 0.25) is 5.91 Å². The summed E-state index contributed by atoms with van der Waals surface area (Å²) in [6, 6.07) is 9.28. The summed E-state index contributed by atoms with van der Waals surface area (Å²) in [4.78, 5) is 23.0. The van der Waals surface area contributed by atoms with Crippen molar-refractivity contribution in [1.82, 2.24) is 5.32 Å². The molecule has 4 nitrogen and oxygen atoms in total. The Morgan fingerprint density at radius 2 is 2.00 bits per heavy atom. The van der Waals surface area contributed by atoms with Gasteiger partial charge in [0.15, 0.2) is 0 Å². The summed E-state index contributed by atoms with van der Waals surface area (Å²) >= 11 is 1.93. The van der Waals surface area contributed by atoms with Gasteiger partial charge >= 0.3 is 5.97 Å². The van der Waals surface area contributed by atoms with Crippen molar-refractivity contribution in [3.8, 4) is 0 Å². The van der Waals surface area contributed by atoms with E-state index in [2.05, 4.69) is 5.32 Å². The molecule has 0 saturated heterocycles. The topological polar surface area (TPSA) is 55.4 Å². The fourth-order valence-corrected chi connectivity index (χ4v) is 1.45. The van der Waals surface area contributed by atoms with Gasteiger partial charge in [-0.3, -0.25) is 4.79 Å². The Balaban J connectivity index is 2.93. The number of halogens is 1. The van der Waals surface area contributed by atoms with Crippen LogP contribution in [-0.2, 0) is 14.3 Å². The fourth-order valence-electron chi connectivity index (χ4n) is 1.25. The molecule has 0 aliphatic carbocycles. The zero-order valence-corrected chi connectivity index (χ0v) is 12.1. The number of carbonyl (C=O) groups excluding carboxylic acids is 2. The number of alkyl halides is 1. The molecule has 0 aliphatic rings. The van der Waals surface area contributed by atoms with Gasteiger partial charge < -0.3 is 10.1 Å². The van der Waals surface area contributed by atoms with Crippen molar-refractivity contribution in [3.05, 3.63) is 41.6 Å². The Labute approximate surface area is 120 Å². The summed E-state index contributed by atoms with van der Waals surface area (Å²) in [7, 11) is 0. The molecule has 0 aliphatic heterocycles. The molecule has 5 heteroatoms. The van der Waals surface area contributed by atoms with Gasteiger partial charge in [-0.05, 0) is 18.6 Å². The van der Waals surface area contributed by atoms with E-state index < -0.39 is 5.97 Å². The minimum absolute atomic E-state index is 0.157. The second-order valence-electron chi connectivity index (χ2n) is 3.37. The summed E-state index contributed by atoms with van der Waals surface area (Å²) in [5.41, 5.74) is 0.985. The third kappa shape index (κ3) is 4.87. The highest BCUT2D eigenvalue weighted by Crippen LogP contribution is 2.06. The van der Waals surface area contributed by atoms with Gasteiger partial charge in [-0.1, -0.05) is 52.9 Å². The van der Waals surface area contributed by atoms with Crippen molar-refractivity contribution in [1.29, 1.82) is 0 Å². The van der Waals surface area contributed by atoms with Crippen LogP contribution in [0.1, 0.15) is 12.5 Å². The Morgan fingerprint density at radius 3 is 2.56 bits per heavy atom. The number of benzene rings is 1. The molecular weight excluding hydrogens is 345 g/mol. The number of rotatable bonds is 5. The van der Waals surface area contributed by atoms with E-state index in [0.717, 1.165) is 5.56 Å². The van der Waals surface area contributed by atoms with Crippen molar-refractivity contribution < 1.29 is 14.3 Å². The van der Waals surface area contributed by atoms with E-state index >= 15 is 0 Å². The third-order valence-corrected chi connectivity index (χ3v) is 2.69. The Hall–Kier alpha value is -1.37. The van der Waals surface area contributed by atoms with Crippen LogP contribution in [0.2, 0.25) is 0 Å². The zero-order chi connectivity index (χ0) is 13.4. The molecule has 0 spiro atoms. The molecule has 0 fully saturated rings. The minimum Gasteiger partial charge on any atom is -0.461 e. The second kappa shape index (κ2) is 7.86. The summed E-state index contributed by atoms with van der Waals surface area (Å²) in [6.07, 6.45) is 1.60. The molecule has 0 bridgehead atoms. The van der Waals surface area contributed by atoms with Crippen LogP contribution < -0.4 is 5.32 Å². The van der Waals surface area contributed by atoms with E-state index in [9.17, 15) is 9.59 Å². The van der Waals surface area contributed by atoms with Crippen molar-refractivity contribution in [3.63, 3.8) is 0 Å². The van der Waals surface area contributed by atoms with Gasteiger partial charge in [-0.25, -0.2) is 4.79 Å². The minimum atomic E-state index is -0.528. The van der Waals surface area contributed by atoms with Crippen molar-refractivity contribution in [2.24, 2.45) is 0 Å². The molecule has 0 atom stereocenters. The lowest BCUT2D eigenvalue weighted by Gasteiger charge is -2.08. The predicted molar refractivity (Wildman–Crippen MR) is 78.1 cm³/mol. The first kappa shape index (κ1) is 14.7. The summed E-state index contributed by atoms with van der Waals surface area (Å²) in [5, 5.41) is 2.54. The first-order valence-corrected chi connectivity index (χ1v) is 6.99. The summed E-state index contributed by atoms with van der Waals surface area (Å²) in [5.74, 6) is -0.759. The smallest absolute Gasteiger partial charge is 0.354 e. The van der Waals surface area contributed by atoms with Crippen molar-refractivity contribution in [2.75, 3.05) is 11.0 Å². The molecule has 0 aromatic heterocycles. The van der Waals surface area contributed by atoms with Gasteiger partial charge in [0.25, 0.3) is 0 Å². The average Bonchev–Trinajstić information content (AvgIpc) is 2.39. The van der Waals surface area contributed by atoms with Gasteiger partial charge in [-0.15, -0.1) is 0 Å². The van der Waals surface area contributed by atoms with Crippen LogP contribution in [-0.4, -0.2) is 22.9 Å². The summed E-state index contributed by atoms with van der Waals surface area (Å²) in [6.45, 7) is 1.99. The predicted octanol–water partition coefficient (Wildman–Crippen LogP) is 2.14. The first-order valence-electron chi connectivity index (χ1n) is 5.47. The third-order valence-electron chi connectivity index (χ3n) is 2.00.